The Morgan fingerprint density at radius 1 is 0.920 bits per heavy atom. The van der Waals surface area contributed by atoms with Crippen LogP contribution in [-0.2, 0) is 0 Å². The Kier molecular flexibility index (Phi) is 3.85. The molecule has 2 aromatic heterocycles. The second-order valence-corrected chi connectivity index (χ2v) is 5.99. The van der Waals surface area contributed by atoms with Crippen LogP contribution in [0.1, 0.15) is 33.8 Å². The van der Waals surface area contributed by atoms with E-state index in [0.29, 0.717) is 11.2 Å². The first-order valence-electron chi connectivity index (χ1n) is 8.14. The van der Waals surface area contributed by atoms with Gasteiger partial charge >= 0.3 is 0 Å². The van der Waals surface area contributed by atoms with Gasteiger partial charge in [0, 0.05) is 17.6 Å². The minimum Gasteiger partial charge on any atom is -0.348 e. The molecule has 2 amide bonds. The van der Waals surface area contributed by atoms with Gasteiger partial charge in [0.1, 0.15) is 11.4 Å². The van der Waals surface area contributed by atoms with E-state index in [1.807, 2.05) is 24.3 Å². The molecule has 0 unspecified atom stereocenters. The van der Waals surface area contributed by atoms with Gasteiger partial charge in [-0.15, -0.1) is 0 Å². The van der Waals surface area contributed by atoms with Gasteiger partial charge in [-0.25, -0.2) is 4.98 Å². The van der Waals surface area contributed by atoms with Crippen molar-refractivity contribution < 1.29 is 9.59 Å². The van der Waals surface area contributed by atoms with E-state index in [2.05, 4.69) is 20.6 Å². The molecule has 0 radical (unpaired) electrons. The predicted molar refractivity (Wildman–Crippen MR) is 94.4 cm³/mol. The molecule has 2 heterocycles. The molecule has 25 heavy (non-hydrogen) atoms. The number of fused-ring (bicyclic) bond motifs is 1. The minimum absolute atomic E-state index is 0.191. The number of nitrogens with zero attached hydrogens (tertiary/aromatic N) is 2. The monoisotopic (exact) mass is 332 g/mol. The molecule has 0 atom stereocenters. The van der Waals surface area contributed by atoms with Crippen LogP contribution < -0.4 is 10.6 Å². The van der Waals surface area contributed by atoms with Crippen molar-refractivity contribution in [2.24, 2.45) is 0 Å². The molecule has 4 rings (SSSR count). The number of anilines is 1. The molecule has 1 fully saturated rings. The molecule has 0 bridgehead atoms. The maximum absolute atomic E-state index is 12.5. The molecule has 0 saturated heterocycles. The number of aromatic nitrogens is 2. The molecule has 6 nitrogen and oxygen atoms in total. The third kappa shape index (κ3) is 3.33. The second-order valence-electron chi connectivity index (χ2n) is 5.99. The van der Waals surface area contributed by atoms with E-state index in [1.54, 1.807) is 30.5 Å². The fourth-order valence-electron chi connectivity index (χ4n) is 2.57. The van der Waals surface area contributed by atoms with Crippen LogP contribution in [0.15, 0.2) is 54.7 Å². The molecule has 1 aliphatic carbocycles. The SMILES string of the molecule is O=C(Nc1cccc2cccnc12)c1cccc(C(=O)NC2CC2)n1. The fourth-order valence-corrected chi connectivity index (χ4v) is 2.57. The molecule has 0 spiro atoms. The van der Waals surface area contributed by atoms with Crippen LogP contribution in [0, 0.1) is 0 Å². The average molecular weight is 332 g/mol. The molecule has 1 aromatic carbocycles. The van der Waals surface area contributed by atoms with Crippen molar-refractivity contribution in [3.05, 3.63) is 66.1 Å². The highest BCUT2D eigenvalue weighted by molar-refractivity contribution is 6.07. The normalized spacial score (nSPS) is 13.4. The third-order valence-electron chi connectivity index (χ3n) is 4.01. The molecule has 0 aliphatic heterocycles. The van der Waals surface area contributed by atoms with Crippen molar-refractivity contribution in [3.8, 4) is 0 Å². The van der Waals surface area contributed by atoms with Gasteiger partial charge in [-0.2, -0.15) is 0 Å². The van der Waals surface area contributed by atoms with Crippen molar-refractivity contribution in [3.63, 3.8) is 0 Å². The van der Waals surface area contributed by atoms with E-state index in [4.69, 9.17) is 0 Å². The van der Waals surface area contributed by atoms with E-state index in [9.17, 15) is 9.59 Å². The van der Waals surface area contributed by atoms with Crippen molar-refractivity contribution in [2.45, 2.75) is 18.9 Å². The van der Waals surface area contributed by atoms with Crippen LogP contribution in [0.25, 0.3) is 10.9 Å². The van der Waals surface area contributed by atoms with Crippen LogP contribution >= 0.6 is 0 Å². The summed E-state index contributed by atoms with van der Waals surface area (Å²) in [6, 6.07) is 14.4. The predicted octanol–water partition coefficient (Wildman–Crippen LogP) is 2.77. The van der Waals surface area contributed by atoms with Crippen LogP contribution in [0.2, 0.25) is 0 Å². The Labute approximate surface area is 144 Å². The molecular weight excluding hydrogens is 316 g/mol. The van der Waals surface area contributed by atoms with Gasteiger partial charge in [-0.1, -0.05) is 24.3 Å². The van der Waals surface area contributed by atoms with E-state index in [0.717, 1.165) is 18.2 Å². The lowest BCUT2D eigenvalue weighted by molar-refractivity contribution is 0.0946. The first-order chi connectivity index (χ1) is 12.2. The molecule has 2 N–H and O–H groups in total. The quantitative estimate of drug-likeness (QED) is 0.769. The number of nitrogens with one attached hydrogen (secondary N) is 2. The van der Waals surface area contributed by atoms with Crippen LogP contribution in [0.4, 0.5) is 5.69 Å². The second kappa shape index (κ2) is 6.32. The van der Waals surface area contributed by atoms with Gasteiger partial charge in [-0.05, 0) is 37.1 Å². The van der Waals surface area contributed by atoms with Gasteiger partial charge in [0.15, 0.2) is 0 Å². The van der Waals surface area contributed by atoms with Gasteiger partial charge in [-0.3, -0.25) is 14.6 Å². The van der Waals surface area contributed by atoms with E-state index in [-0.39, 0.29) is 29.2 Å². The molecule has 3 aromatic rings. The standard InChI is InChI=1S/C19H16N4O2/c24-18(21-13-9-10-13)15-7-2-8-16(22-15)19(25)23-14-6-1-4-12-5-3-11-20-17(12)14/h1-8,11,13H,9-10H2,(H,21,24)(H,23,25). The first kappa shape index (κ1) is 15.3. The number of carbonyl (C=O) groups excluding carboxylic acids is 2. The summed E-state index contributed by atoms with van der Waals surface area (Å²) in [4.78, 5) is 33.1. The number of carbonyl (C=O) groups is 2. The van der Waals surface area contributed by atoms with E-state index >= 15 is 0 Å². The topological polar surface area (TPSA) is 84.0 Å². The maximum Gasteiger partial charge on any atom is 0.274 e. The van der Waals surface area contributed by atoms with Gasteiger partial charge in [0.25, 0.3) is 11.8 Å². The third-order valence-corrected chi connectivity index (χ3v) is 4.01. The van der Waals surface area contributed by atoms with E-state index < -0.39 is 0 Å². The summed E-state index contributed by atoms with van der Waals surface area (Å²) >= 11 is 0. The highest BCUT2D eigenvalue weighted by Crippen LogP contribution is 2.21. The first-order valence-corrected chi connectivity index (χ1v) is 8.14. The minimum atomic E-state index is -0.376. The molecular formula is C19H16N4O2. The van der Waals surface area contributed by atoms with Crippen molar-refractivity contribution in [2.75, 3.05) is 5.32 Å². The molecule has 6 heteroatoms. The number of benzene rings is 1. The zero-order chi connectivity index (χ0) is 17.2. The molecule has 1 aliphatic rings. The average Bonchev–Trinajstić information content (AvgIpc) is 3.46. The lowest BCUT2D eigenvalue weighted by atomic mass is 10.2. The number of hydrogen-bond acceptors (Lipinski definition) is 4. The van der Waals surface area contributed by atoms with Crippen molar-refractivity contribution in [1.82, 2.24) is 15.3 Å². The Bertz CT molecular complexity index is 961. The largest absolute Gasteiger partial charge is 0.348 e. The highest BCUT2D eigenvalue weighted by Gasteiger charge is 2.24. The smallest absolute Gasteiger partial charge is 0.274 e. The van der Waals surface area contributed by atoms with E-state index in [1.165, 1.54) is 0 Å². The lowest BCUT2D eigenvalue weighted by Gasteiger charge is -2.08. The molecule has 1 saturated carbocycles. The number of amides is 2. The number of pyridine rings is 2. The number of rotatable bonds is 4. The number of para-hydroxylation sites is 1. The summed E-state index contributed by atoms with van der Waals surface area (Å²) in [6.07, 6.45) is 3.68. The van der Waals surface area contributed by atoms with Crippen LogP contribution in [0.3, 0.4) is 0 Å². The fraction of sp³-hybridized carbons (Fsp3) is 0.158. The Hall–Kier alpha value is -3.28. The zero-order valence-electron chi connectivity index (χ0n) is 13.4. The Morgan fingerprint density at radius 2 is 1.64 bits per heavy atom. The Morgan fingerprint density at radius 3 is 2.44 bits per heavy atom. The molecule has 124 valence electrons. The van der Waals surface area contributed by atoms with Crippen LogP contribution in [-0.4, -0.2) is 27.8 Å². The number of hydrogen-bond donors (Lipinski definition) is 2. The summed E-state index contributed by atoms with van der Waals surface area (Å²) in [5, 5.41) is 6.63. The summed E-state index contributed by atoms with van der Waals surface area (Å²) in [5.74, 6) is -0.622. The van der Waals surface area contributed by atoms with Crippen molar-refractivity contribution >= 4 is 28.4 Å². The summed E-state index contributed by atoms with van der Waals surface area (Å²) in [6.45, 7) is 0. The van der Waals surface area contributed by atoms with Crippen LogP contribution in [0.5, 0.6) is 0 Å². The van der Waals surface area contributed by atoms with Gasteiger partial charge < -0.3 is 10.6 Å². The summed E-state index contributed by atoms with van der Waals surface area (Å²) in [7, 11) is 0. The maximum atomic E-state index is 12.5. The zero-order valence-corrected chi connectivity index (χ0v) is 13.4. The lowest BCUT2D eigenvalue weighted by Crippen LogP contribution is -2.27. The summed E-state index contributed by atoms with van der Waals surface area (Å²) < 4.78 is 0. The van der Waals surface area contributed by atoms with Gasteiger partial charge in [0.2, 0.25) is 0 Å². The summed E-state index contributed by atoms with van der Waals surface area (Å²) in [5.41, 5.74) is 1.76. The van der Waals surface area contributed by atoms with Crippen molar-refractivity contribution in [1.29, 1.82) is 0 Å². The Balaban J connectivity index is 1.57. The highest BCUT2D eigenvalue weighted by atomic mass is 16.2. The van der Waals surface area contributed by atoms with Gasteiger partial charge in [0.05, 0.1) is 11.2 Å².